The molecule has 0 aromatic heterocycles. The molecule has 1 saturated carbocycles. The number of hydrazone groups is 1. The summed E-state index contributed by atoms with van der Waals surface area (Å²) in [7, 11) is 0. The summed E-state index contributed by atoms with van der Waals surface area (Å²) in [5.41, 5.74) is 6.44. The second kappa shape index (κ2) is 6.70. The molecule has 1 aliphatic carbocycles. The number of carbonyl (C=O) groups excluding carboxylic acids is 2. The van der Waals surface area contributed by atoms with E-state index in [1.165, 1.54) is 48.5 Å². The number of hydrogen-bond donors (Lipinski definition) is 1. The monoisotopic (exact) mass is 358 g/mol. The van der Waals surface area contributed by atoms with Gasteiger partial charge in [0.1, 0.15) is 17.6 Å². The third kappa shape index (κ3) is 2.95. The maximum atomic E-state index is 13.2. The fourth-order valence-electron chi connectivity index (χ4n) is 4.22. The lowest BCUT2D eigenvalue weighted by Crippen LogP contribution is -2.45. The molecule has 4 rings (SSSR count). The number of nitrogens with two attached hydrogens (primary N) is 1. The van der Waals surface area contributed by atoms with Gasteiger partial charge in [0.25, 0.3) is 5.91 Å². The number of primary amides is 1. The Morgan fingerprint density at radius 3 is 2.46 bits per heavy atom. The van der Waals surface area contributed by atoms with Gasteiger partial charge in [-0.25, -0.2) is 4.39 Å². The third-order valence-electron chi connectivity index (χ3n) is 5.83. The predicted octanol–water partition coefficient (Wildman–Crippen LogP) is 2.04. The van der Waals surface area contributed by atoms with E-state index < -0.39 is 11.9 Å². The molecule has 2 N–H and O–H groups in total. The summed E-state index contributed by atoms with van der Waals surface area (Å²) in [5.74, 6) is -0.402. The number of amides is 2. The second-order valence-corrected chi connectivity index (χ2v) is 7.39. The van der Waals surface area contributed by atoms with Crippen LogP contribution in [0.15, 0.2) is 29.4 Å². The number of likely N-dealkylation sites (tertiary alicyclic amines) is 1. The van der Waals surface area contributed by atoms with Gasteiger partial charge in [-0.1, -0.05) is 6.42 Å². The Bertz CT molecular complexity index is 744. The Balaban J connectivity index is 1.57. The van der Waals surface area contributed by atoms with Gasteiger partial charge in [0.15, 0.2) is 0 Å². The molecule has 3 aliphatic rings. The first-order chi connectivity index (χ1) is 12.5. The highest BCUT2D eigenvalue weighted by molar-refractivity contribution is 6.40. The Morgan fingerprint density at radius 2 is 1.85 bits per heavy atom. The van der Waals surface area contributed by atoms with Crippen LogP contribution in [-0.2, 0) is 9.59 Å². The average Bonchev–Trinajstić information content (AvgIpc) is 3.21. The number of rotatable bonds is 4. The van der Waals surface area contributed by atoms with E-state index in [-0.39, 0.29) is 18.1 Å². The fraction of sp³-hybridized carbons (Fsp3) is 0.526. The van der Waals surface area contributed by atoms with Crippen LogP contribution < -0.4 is 10.7 Å². The van der Waals surface area contributed by atoms with E-state index in [1.807, 2.05) is 4.90 Å². The highest BCUT2D eigenvalue weighted by Gasteiger charge is 2.42. The van der Waals surface area contributed by atoms with Crippen molar-refractivity contribution in [3.05, 3.63) is 30.1 Å². The third-order valence-corrected chi connectivity index (χ3v) is 5.83. The van der Waals surface area contributed by atoms with Crippen molar-refractivity contribution in [2.45, 2.75) is 50.6 Å². The zero-order valence-corrected chi connectivity index (χ0v) is 14.6. The van der Waals surface area contributed by atoms with Crippen LogP contribution in [0, 0.1) is 11.7 Å². The normalized spacial score (nSPS) is 26.0. The van der Waals surface area contributed by atoms with Gasteiger partial charge in [0.2, 0.25) is 5.91 Å². The van der Waals surface area contributed by atoms with Crippen LogP contribution in [0.2, 0.25) is 0 Å². The molecule has 2 heterocycles. The molecule has 1 aromatic rings. The second-order valence-electron chi connectivity index (χ2n) is 7.39. The van der Waals surface area contributed by atoms with Gasteiger partial charge >= 0.3 is 0 Å². The van der Waals surface area contributed by atoms with E-state index >= 15 is 0 Å². The molecule has 6 nitrogen and oxygen atoms in total. The summed E-state index contributed by atoms with van der Waals surface area (Å²) < 4.78 is 13.2. The van der Waals surface area contributed by atoms with Crippen molar-refractivity contribution < 1.29 is 14.0 Å². The lowest BCUT2D eigenvalue weighted by Gasteiger charge is -2.36. The molecule has 0 radical (unpaired) electrons. The summed E-state index contributed by atoms with van der Waals surface area (Å²) in [6.07, 6.45) is 5.87. The molecule has 0 unspecified atom stereocenters. The fourth-order valence-corrected chi connectivity index (χ4v) is 4.22. The Labute approximate surface area is 151 Å². The Morgan fingerprint density at radius 1 is 1.12 bits per heavy atom. The van der Waals surface area contributed by atoms with Gasteiger partial charge in [-0.15, -0.1) is 0 Å². The van der Waals surface area contributed by atoms with Gasteiger partial charge in [0, 0.05) is 19.0 Å². The van der Waals surface area contributed by atoms with Crippen LogP contribution in [0.1, 0.15) is 38.5 Å². The van der Waals surface area contributed by atoms with Crippen molar-refractivity contribution >= 4 is 23.2 Å². The standard InChI is InChI=1S/C19H23FN4O2/c20-13-6-8-14(9-7-13)24-17(18(21)25)11-15(22-24)19(26)23-10-2-5-16(23)12-3-1-4-12/h6-9,12,16-17H,1-5,10-11H2,(H2,21,25)/t16-,17+/m1/s1. The zero-order valence-electron chi connectivity index (χ0n) is 14.6. The molecule has 26 heavy (non-hydrogen) atoms. The van der Waals surface area contributed by atoms with E-state index in [0.29, 0.717) is 23.4 Å². The van der Waals surface area contributed by atoms with E-state index in [4.69, 9.17) is 5.73 Å². The van der Waals surface area contributed by atoms with E-state index in [2.05, 4.69) is 5.10 Å². The SMILES string of the molecule is NC(=O)[C@@H]1CC(C(=O)N2CCC[C@@H]2C2CCC2)=NN1c1ccc(F)cc1. The van der Waals surface area contributed by atoms with Crippen LogP contribution in [0.3, 0.4) is 0 Å². The maximum Gasteiger partial charge on any atom is 0.270 e. The molecule has 2 fully saturated rings. The quantitative estimate of drug-likeness (QED) is 0.894. The Kier molecular flexibility index (Phi) is 4.38. The van der Waals surface area contributed by atoms with Crippen molar-refractivity contribution in [3.63, 3.8) is 0 Å². The van der Waals surface area contributed by atoms with Crippen molar-refractivity contribution in [2.24, 2.45) is 16.8 Å². The zero-order chi connectivity index (χ0) is 18.3. The van der Waals surface area contributed by atoms with Crippen LogP contribution >= 0.6 is 0 Å². The van der Waals surface area contributed by atoms with Gasteiger partial charge in [-0.2, -0.15) is 5.10 Å². The average molecular weight is 358 g/mol. The van der Waals surface area contributed by atoms with Crippen molar-refractivity contribution in [3.8, 4) is 0 Å². The van der Waals surface area contributed by atoms with E-state index in [9.17, 15) is 14.0 Å². The maximum absolute atomic E-state index is 13.2. The molecule has 7 heteroatoms. The number of benzene rings is 1. The minimum Gasteiger partial charge on any atom is -0.368 e. The first-order valence-electron chi connectivity index (χ1n) is 9.27. The summed E-state index contributed by atoms with van der Waals surface area (Å²) in [6.45, 7) is 0.747. The lowest BCUT2D eigenvalue weighted by atomic mass is 9.78. The van der Waals surface area contributed by atoms with Gasteiger partial charge in [0.05, 0.1) is 5.69 Å². The van der Waals surface area contributed by atoms with Crippen LogP contribution in [-0.4, -0.2) is 41.1 Å². The topological polar surface area (TPSA) is 79.0 Å². The molecule has 1 saturated heterocycles. The molecular weight excluding hydrogens is 335 g/mol. The largest absolute Gasteiger partial charge is 0.368 e. The number of anilines is 1. The minimum absolute atomic E-state index is 0.0877. The van der Waals surface area contributed by atoms with Crippen LogP contribution in [0.25, 0.3) is 0 Å². The minimum atomic E-state index is -0.718. The van der Waals surface area contributed by atoms with E-state index in [1.54, 1.807) is 0 Å². The molecule has 1 aromatic carbocycles. The van der Waals surface area contributed by atoms with Gasteiger partial charge < -0.3 is 10.6 Å². The number of halogens is 1. The first kappa shape index (κ1) is 17.0. The molecule has 2 aliphatic heterocycles. The number of carbonyl (C=O) groups is 2. The molecule has 138 valence electrons. The molecule has 2 atom stereocenters. The smallest absolute Gasteiger partial charge is 0.270 e. The van der Waals surface area contributed by atoms with Crippen molar-refractivity contribution in [1.29, 1.82) is 0 Å². The molecule has 0 bridgehead atoms. The number of hydrogen-bond acceptors (Lipinski definition) is 4. The summed E-state index contributed by atoms with van der Waals surface area (Å²) >= 11 is 0. The molecular formula is C19H23FN4O2. The van der Waals surface area contributed by atoms with Crippen LogP contribution in [0.4, 0.5) is 10.1 Å². The van der Waals surface area contributed by atoms with Gasteiger partial charge in [-0.05, 0) is 55.9 Å². The predicted molar refractivity (Wildman–Crippen MR) is 96.0 cm³/mol. The molecule has 0 spiro atoms. The lowest BCUT2D eigenvalue weighted by molar-refractivity contribution is -0.126. The summed E-state index contributed by atoms with van der Waals surface area (Å²) in [6, 6.07) is 5.26. The number of nitrogens with zero attached hydrogens (tertiary/aromatic N) is 3. The summed E-state index contributed by atoms with van der Waals surface area (Å²) in [5, 5.41) is 5.86. The highest BCUT2D eigenvalue weighted by Crippen LogP contribution is 2.37. The van der Waals surface area contributed by atoms with Crippen LogP contribution in [0.5, 0.6) is 0 Å². The summed E-state index contributed by atoms with van der Waals surface area (Å²) in [4.78, 5) is 26.9. The van der Waals surface area contributed by atoms with E-state index in [0.717, 1.165) is 19.4 Å². The molecule has 2 amide bonds. The Hall–Kier alpha value is -2.44. The first-order valence-corrected chi connectivity index (χ1v) is 9.27. The van der Waals surface area contributed by atoms with Crippen molar-refractivity contribution in [2.75, 3.05) is 11.6 Å². The van der Waals surface area contributed by atoms with Gasteiger partial charge in [-0.3, -0.25) is 14.6 Å². The van der Waals surface area contributed by atoms with Crippen molar-refractivity contribution in [1.82, 2.24) is 4.90 Å². The highest BCUT2D eigenvalue weighted by atomic mass is 19.1.